The zero-order valence-electron chi connectivity index (χ0n) is 14.0. The summed E-state index contributed by atoms with van der Waals surface area (Å²) in [5.74, 6) is -0.0109. The average Bonchev–Trinajstić information content (AvgIpc) is 2.55. The first-order valence-corrected chi connectivity index (χ1v) is 9.34. The van der Waals surface area contributed by atoms with Gasteiger partial charge in [0.1, 0.15) is 0 Å². The van der Waals surface area contributed by atoms with Crippen LogP contribution in [0.15, 0.2) is 18.2 Å². The van der Waals surface area contributed by atoms with Gasteiger partial charge in [-0.3, -0.25) is 4.79 Å². The van der Waals surface area contributed by atoms with Gasteiger partial charge < -0.3 is 14.9 Å². The number of amides is 1. The van der Waals surface area contributed by atoms with E-state index in [1.807, 2.05) is 29.4 Å². The molecule has 1 heterocycles. The quantitative estimate of drug-likeness (QED) is 0.868. The van der Waals surface area contributed by atoms with Crippen LogP contribution in [-0.4, -0.2) is 58.5 Å². The molecule has 1 amide bonds. The Balaban J connectivity index is 2.20. The molecule has 1 aliphatic rings. The molecular weight excluding hydrogens is 314 g/mol. The Labute approximate surface area is 140 Å². The van der Waals surface area contributed by atoms with Crippen LogP contribution in [0.5, 0.6) is 0 Å². The normalized spacial score (nSPS) is 17.1. The van der Waals surface area contributed by atoms with E-state index in [0.717, 1.165) is 43.1 Å². The molecule has 1 N–H and O–H groups in total. The Kier molecular flexibility index (Phi) is 6.15. The van der Waals surface area contributed by atoms with Gasteiger partial charge >= 0.3 is 0 Å². The molecular formula is C16H25N3O3S. The van der Waals surface area contributed by atoms with Crippen molar-refractivity contribution in [3.63, 3.8) is 0 Å². The van der Waals surface area contributed by atoms with Crippen LogP contribution in [-0.2, 0) is 22.4 Å². The highest BCUT2D eigenvalue weighted by atomic mass is 32.2. The maximum atomic E-state index is 11.7. The second-order valence-electron chi connectivity index (χ2n) is 5.57. The fraction of sp³-hybridized carbons (Fsp3) is 0.562. The minimum absolute atomic E-state index is 0.0109. The van der Waals surface area contributed by atoms with Crippen molar-refractivity contribution in [1.29, 1.82) is 0 Å². The number of nitrogens with zero attached hydrogens (tertiary/aromatic N) is 3. The van der Waals surface area contributed by atoms with Gasteiger partial charge in [0.15, 0.2) is 0 Å². The van der Waals surface area contributed by atoms with Crippen LogP contribution in [0.1, 0.15) is 19.4 Å². The first-order valence-electron chi connectivity index (χ1n) is 7.83. The van der Waals surface area contributed by atoms with Crippen LogP contribution in [0.4, 0.5) is 11.4 Å². The van der Waals surface area contributed by atoms with E-state index < -0.39 is 11.0 Å². The van der Waals surface area contributed by atoms with Gasteiger partial charge in [-0.25, -0.2) is 8.51 Å². The van der Waals surface area contributed by atoms with Gasteiger partial charge in [0.2, 0.25) is 5.91 Å². The van der Waals surface area contributed by atoms with Crippen LogP contribution in [0.3, 0.4) is 0 Å². The number of hydrogen-bond acceptors (Lipinski definition) is 4. The van der Waals surface area contributed by atoms with E-state index in [4.69, 9.17) is 0 Å². The highest BCUT2D eigenvalue weighted by molar-refractivity contribution is 7.81. The molecule has 0 radical (unpaired) electrons. The number of rotatable bonds is 5. The van der Waals surface area contributed by atoms with Crippen LogP contribution in [0.25, 0.3) is 0 Å². The number of anilines is 2. The summed E-state index contributed by atoms with van der Waals surface area (Å²) in [5.41, 5.74) is 2.60. The molecule has 0 aliphatic carbocycles. The van der Waals surface area contributed by atoms with Crippen molar-refractivity contribution in [2.24, 2.45) is 0 Å². The van der Waals surface area contributed by atoms with Crippen LogP contribution in [0, 0.1) is 0 Å². The molecule has 1 unspecified atom stereocenters. The lowest BCUT2D eigenvalue weighted by atomic mass is 10.1. The molecule has 1 aliphatic heterocycles. The number of hydrogen-bond donors (Lipinski definition) is 1. The fourth-order valence-electron chi connectivity index (χ4n) is 2.95. The molecule has 1 saturated heterocycles. The molecule has 7 heteroatoms. The summed E-state index contributed by atoms with van der Waals surface area (Å²) >= 11 is 0. The molecule has 0 saturated carbocycles. The molecule has 23 heavy (non-hydrogen) atoms. The van der Waals surface area contributed by atoms with E-state index in [1.54, 1.807) is 18.1 Å². The molecule has 0 spiro atoms. The largest absolute Gasteiger partial charge is 0.392 e. The maximum Gasteiger partial charge on any atom is 0.223 e. The van der Waals surface area contributed by atoms with Crippen molar-refractivity contribution in [1.82, 2.24) is 4.31 Å². The predicted molar refractivity (Wildman–Crippen MR) is 93.9 cm³/mol. The molecule has 1 atom stereocenters. The predicted octanol–water partition coefficient (Wildman–Crippen LogP) is 0.967. The Hall–Kier alpha value is -1.44. The summed E-state index contributed by atoms with van der Waals surface area (Å²) in [6.07, 6.45) is 1.70. The minimum Gasteiger partial charge on any atom is -0.392 e. The highest BCUT2D eigenvalue weighted by Crippen LogP contribution is 2.27. The molecule has 128 valence electrons. The first-order chi connectivity index (χ1) is 11.0. The van der Waals surface area contributed by atoms with E-state index >= 15 is 0 Å². The maximum absolute atomic E-state index is 11.7. The average molecular weight is 339 g/mol. The van der Waals surface area contributed by atoms with Gasteiger partial charge in [0, 0.05) is 62.8 Å². The van der Waals surface area contributed by atoms with Crippen molar-refractivity contribution in [2.45, 2.75) is 20.5 Å². The van der Waals surface area contributed by atoms with Gasteiger partial charge in [-0.2, -0.15) is 0 Å². The number of piperazine rings is 1. The second-order valence-corrected chi connectivity index (χ2v) is 6.94. The van der Waals surface area contributed by atoms with Crippen LogP contribution < -0.4 is 9.80 Å². The van der Waals surface area contributed by atoms with Crippen molar-refractivity contribution >= 4 is 28.3 Å². The summed E-state index contributed by atoms with van der Waals surface area (Å²) in [6, 6.07) is 5.76. The van der Waals surface area contributed by atoms with E-state index in [1.165, 1.54) is 0 Å². The number of carbonyl (C=O) groups is 1. The van der Waals surface area contributed by atoms with Crippen LogP contribution >= 0.6 is 0 Å². The summed E-state index contributed by atoms with van der Waals surface area (Å²) < 4.78 is 13.5. The van der Waals surface area contributed by atoms with Gasteiger partial charge in [0.05, 0.1) is 17.6 Å². The van der Waals surface area contributed by atoms with Crippen molar-refractivity contribution in [2.75, 3.05) is 48.8 Å². The molecule has 1 fully saturated rings. The summed E-state index contributed by atoms with van der Waals surface area (Å²) in [6.45, 7) is 7.03. The lowest BCUT2D eigenvalue weighted by Gasteiger charge is -2.35. The van der Waals surface area contributed by atoms with Gasteiger partial charge in [-0.05, 0) is 25.1 Å². The van der Waals surface area contributed by atoms with Gasteiger partial charge in [-0.15, -0.1) is 0 Å². The zero-order valence-corrected chi connectivity index (χ0v) is 14.8. The van der Waals surface area contributed by atoms with E-state index in [2.05, 4.69) is 4.90 Å². The van der Waals surface area contributed by atoms with Gasteiger partial charge in [0.25, 0.3) is 0 Å². The number of aliphatic hydroxyl groups excluding tert-OH is 1. The summed E-state index contributed by atoms with van der Waals surface area (Å²) in [7, 11) is -0.934. The number of aliphatic hydroxyl groups is 1. The molecule has 0 bridgehead atoms. The Morgan fingerprint density at radius 3 is 2.43 bits per heavy atom. The summed E-state index contributed by atoms with van der Waals surface area (Å²) in [4.78, 5) is 15.6. The molecule has 1 aromatic carbocycles. The Morgan fingerprint density at radius 1 is 1.30 bits per heavy atom. The molecule has 0 aromatic heterocycles. The monoisotopic (exact) mass is 339 g/mol. The Morgan fingerprint density at radius 2 is 1.96 bits per heavy atom. The van der Waals surface area contributed by atoms with Crippen molar-refractivity contribution < 1.29 is 14.1 Å². The van der Waals surface area contributed by atoms with E-state index in [-0.39, 0.29) is 12.5 Å². The summed E-state index contributed by atoms with van der Waals surface area (Å²) in [5, 5.41) is 9.72. The number of carbonyl (C=O) groups excluding carboxylic acids is 1. The lowest BCUT2D eigenvalue weighted by Crippen LogP contribution is -2.47. The van der Waals surface area contributed by atoms with Crippen molar-refractivity contribution in [3.8, 4) is 0 Å². The molecule has 1 aromatic rings. The van der Waals surface area contributed by atoms with Gasteiger partial charge in [-0.1, -0.05) is 0 Å². The lowest BCUT2D eigenvalue weighted by molar-refractivity contribution is -0.116. The SMILES string of the molecule is CCN(C(C)=O)c1ccc(N2CCN(S(C)=O)CC2)c(CO)c1. The first kappa shape index (κ1) is 17.9. The zero-order chi connectivity index (χ0) is 17.0. The van der Waals surface area contributed by atoms with Crippen LogP contribution in [0.2, 0.25) is 0 Å². The second kappa shape index (κ2) is 7.90. The molecule has 2 rings (SSSR count). The topological polar surface area (TPSA) is 64.1 Å². The Bertz CT molecular complexity index is 586. The van der Waals surface area contributed by atoms with E-state index in [9.17, 15) is 14.1 Å². The van der Waals surface area contributed by atoms with Crippen molar-refractivity contribution in [3.05, 3.63) is 23.8 Å². The third-order valence-corrected chi connectivity index (χ3v) is 5.28. The number of benzene rings is 1. The third-order valence-electron chi connectivity index (χ3n) is 4.18. The molecule has 6 nitrogen and oxygen atoms in total. The minimum atomic E-state index is -0.934. The highest BCUT2D eigenvalue weighted by Gasteiger charge is 2.21. The fourth-order valence-corrected chi connectivity index (χ4v) is 3.63. The third kappa shape index (κ3) is 4.10. The smallest absolute Gasteiger partial charge is 0.223 e. The standard InChI is InChI=1S/C16H25N3O3S/c1-4-19(13(2)21)15-5-6-16(14(11-15)12-20)17-7-9-18(10-8-17)23(3)22/h5-6,11,20H,4,7-10,12H2,1-3H3. The van der Waals surface area contributed by atoms with E-state index in [0.29, 0.717) is 6.54 Å².